The molecule has 2 aliphatic carbocycles. The van der Waals surface area contributed by atoms with Crippen LogP contribution in [-0.4, -0.2) is 52.2 Å². The van der Waals surface area contributed by atoms with Gasteiger partial charge in [-0.3, -0.25) is 4.79 Å². The summed E-state index contributed by atoms with van der Waals surface area (Å²) in [5.74, 6) is -1.09. The number of carbonyl (C=O) groups excluding carboxylic acids is 2. The van der Waals surface area contributed by atoms with Crippen molar-refractivity contribution >= 4 is 51.4 Å². The van der Waals surface area contributed by atoms with Crippen LogP contribution in [0.2, 0.25) is 0 Å². The molecule has 0 spiro atoms. The summed E-state index contributed by atoms with van der Waals surface area (Å²) in [5, 5.41) is 13.4. The molecule has 0 aliphatic heterocycles. The Morgan fingerprint density at radius 3 is 2.75 bits per heavy atom. The first-order chi connectivity index (χ1) is 17.1. The molecule has 4 rings (SSSR count). The van der Waals surface area contributed by atoms with Gasteiger partial charge >= 0.3 is 12.6 Å². The summed E-state index contributed by atoms with van der Waals surface area (Å²) in [6.45, 7) is -1.10. The predicted octanol–water partition coefficient (Wildman–Crippen LogP) is 3.79. The van der Waals surface area contributed by atoms with Crippen LogP contribution in [0.4, 0.5) is 24.0 Å². The minimum atomic E-state index is -2.99. The number of halogens is 3. The summed E-state index contributed by atoms with van der Waals surface area (Å²) in [6.07, 6.45) is 1.24. The van der Waals surface area contributed by atoms with Crippen LogP contribution in [0, 0.1) is 5.92 Å². The van der Waals surface area contributed by atoms with Gasteiger partial charge in [-0.25, -0.2) is 13.9 Å². The van der Waals surface area contributed by atoms with Gasteiger partial charge in [0.25, 0.3) is 0 Å². The van der Waals surface area contributed by atoms with Crippen molar-refractivity contribution in [3.05, 3.63) is 22.1 Å². The van der Waals surface area contributed by atoms with E-state index in [2.05, 4.69) is 25.8 Å². The lowest BCUT2D eigenvalue weighted by molar-refractivity contribution is -0.124. The first-order valence-corrected chi connectivity index (χ1v) is 12.7. The zero-order valence-electron chi connectivity index (χ0n) is 19.6. The summed E-state index contributed by atoms with van der Waals surface area (Å²) in [6, 6.07) is 1.17. The maximum Gasteiger partial charge on any atom is 0.388 e. The summed E-state index contributed by atoms with van der Waals surface area (Å²) in [7, 11) is 1.56. The molecule has 0 radical (unpaired) electrons. The minimum absolute atomic E-state index is 0.132. The quantitative estimate of drug-likeness (QED) is 0.340. The number of esters is 1. The molecule has 196 valence electrons. The van der Waals surface area contributed by atoms with Gasteiger partial charge in [-0.05, 0) is 56.8 Å². The number of hydrogen-bond acceptors (Lipinski definition) is 7. The van der Waals surface area contributed by atoms with Crippen molar-refractivity contribution in [1.82, 2.24) is 15.1 Å². The number of amides is 1. The lowest BCUT2D eigenvalue weighted by Crippen LogP contribution is -2.41. The Morgan fingerprint density at radius 2 is 2.08 bits per heavy atom. The zero-order valence-corrected chi connectivity index (χ0v) is 21.2. The van der Waals surface area contributed by atoms with Crippen molar-refractivity contribution in [1.29, 1.82) is 0 Å². The number of nitrogens with one attached hydrogen (secondary N) is 3. The van der Waals surface area contributed by atoms with Crippen molar-refractivity contribution < 1.29 is 32.2 Å². The van der Waals surface area contributed by atoms with E-state index in [9.17, 15) is 22.8 Å². The Labute approximate surface area is 214 Å². The van der Waals surface area contributed by atoms with Crippen LogP contribution in [-0.2, 0) is 29.4 Å². The fourth-order valence-electron chi connectivity index (χ4n) is 4.24. The molecular formula is C22H26F3N5O4S2. The first-order valence-electron chi connectivity index (χ1n) is 11.5. The first kappa shape index (κ1) is 26.2. The average molecular weight is 546 g/mol. The van der Waals surface area contributed by atoms with Gasteiger partial charge in [0.05, 0.1) is 12.2 Å². The monoisotopic (exact) mass is 545 g/mol. The van der Waals surface area contributed by atoms with E-state index in [-0.39, 0.29) is 42.4 Å². The average Bonchev–Trinajstić information content (AvgIpc) is 3.29. The molecule has 9 nitrogen and oxygen atoms in total. The van der Waals surface area contributed by atoms with Crippen LogP contribution in [0.1, 0.15) is 47.0 Å². The third kappa shape index (κ3) is 5.91. The predicted molar refractivity (Wildman–Crippen MR) is 132 cm³/mol. The normalized spacial score (nSPS) is 20.8. The number of nitrogens with zero attached hydrogens (tertiary/aromatic N) is 2. The molecule has 2 aromatic rings. The molecule has 2 heterocycles. The van der Waals surface area contributed by atoms with Crippen LogP contribution in [0.15, 0.2) is 6.07 Å². The molecule has 0 saturated heterocycles. The third-order valence-corrected chi connectivity index (χ3v) is 7.50. The highest BCUT2D eigenvalue weighted by Gasteiger charge is 2.36. The van der Waals surface area contributed by atoms with Crippen molar-refractivity contribution in [2.45, 2.75) is 57.9 Å². The Morgan fingerprint density at radius 1 is 1.33 bits per heavy atom. The topological polar surface area (TPSA) is 107 Å². The molecule has 0 bridgehead atoms. The van der Waals surface area contributed by atoms with Crippen molar-refractivity contribution in [3.8, 4) is 5.88 Å². The smallest absolute Gasteiger partial charge is 0.388 e. The molecule has 1 atom stereocenters. The van der Waals surface area contributed by atoms with Crippen LogP contribution in [0.3, 0.4) is 0 Å². The lowest BCUT2D eigenvalue weighted by atomic mass is 9.83. The summed E-state index contributed by atoms with van der Waals surface area (Å²) >= 11 is 6.73. The molecule has 1 fully saturated rings. The van der Waals surface area contributed by atoms with Gasteiger partial charge in [0.1, 0.15) is 17.0 Å². The van der Waals surface area contributed by atoms with E-state index >= 15 is 0 Å². The largest absolute Gasteiger partial charge is 0.462 e. The number of aryl methyl sites for hydroxylation is 2. The van der Waals surface area contributed by atoms with E-state index < -0.39 is 24.7 Å². The van der Waals surface area contributed by atoms with E-state index in [1.807, 2.05) is 0 Å². The molecule has 1 amide bonds. The molecule has 2 aliphatic rings. The molecule has 2 aromatic heterocycles. The number of alkyl halides is 3. The fourth-order valence-corrected chi connectivity index (χ4v) is 5.74. The summed E-state index contributed by atoms with van der Waals surface area (Å²) in [4.78, 5) is 26.3. The number of thiocarbonyl (C=S) groups is 1. The fraction of sp³-hybridized carbons (Fsp3) is 0.545. The molecular weight excluding hydrogens is 519 g/mol. The number of hydrogen-bond donors (Lipinski definition) is 3. The van der Waals surface area contributed by atoms with Crippen LogP contribution >= 0.6 is 23.6 Å². The number of thiophene rings is 1. The number of anilines is 2. The van der Waals surface area contributed by atoms with Gasteiger partial charge in [0.15, 0.2) is 5.11 Å². The second kappa shape index (κ2) is 11.0. The number of rotatable bonds is 8. The van der Waals surface area contributed by atoms with Gasteiger partial charge < -0.3 is 25.4 Å². The van der Waals surface area contributed by atoms with Crippen molar-refractivity contribution in [2.75, 3.05) is 17.2 Å². The van der Waals surface area contributed by atoms with Gasteiger partial charge in [0.2, 0.25) is 11.8 Å². The maximum absolute atomic E-state index is 13.2. The highest BCUT2D eigenvalue weighted by Crippen LogP contribution is 2.40. The molecule has 3 N–H and O–H groups in total. The van der Waals surface area contributed by atoms with E-state index in [0.29, 0.717) is 35.6 Å². The van der Waals surface area contributed by atoms with Crippen molar-refractivity contribution in [2.24, 2.45) is 13.0 Å². The summed E-state index contributed by atoms with van der Waals surface area (Å²) < 4.78 is 49.0. The third-order valence-electron chi connectivity index (χ3n) is 6.07. The van der Waals surface area contributed by atoms with E-state index in [0.717, 1.165) is 10.4 Å². The Kier molecular flexibility index (Phi) is 8.03. The van der Waals surface area contributed by atoms with E-state index in [1.165, 1.54) is 22.1 Å². The second-order valence-corrected chi connectivity index (χ2v) is 10.1. The van der Waals surface area contributed by atoms with Crippen LogP contribution in [0.5, 0.6) is 5.88 Å². The van der Waals surface area contributed by atoms with Crippen molar-refractivity contribution in [3.63, 3.8) is 0 Å². The number of fused-ring (bicyclic) bond motifs is 1. The molecule has 14 heteroatoms. The van der Waals surface area contributed by atoms with E-state index in [1.54, 1.807) is 14.0 Å². The van der Waals surface area contributed by atoms with Gasteiger partial charge in [-0.15, -0.1) is 16.4 Å². The van der Waals surface area contributed by atoms with Gasteiger partial charge in [-0.1, -0.05) is 0 Å². The zero-order chi connectivity index (χ0) is 26.0. The molecule has 0 aromatic carbocycles. The Hall–Kier alpha value is -2.87. The highest BCUT2D eigenvalue weighted by molar-refractivity contribution is 7.80. The minimum Gasteiger partial charge on any atom is -0.462 e. The van der Waals surface area contributed by atoms with Crippen LogP contribution < -0.4 is 20.7 Å². The SMILES string of the molecule is CCOC(=O)c1c(NC(=O)C2CC(F)C2)sc2c1C[C@@H](NC(=S)Nc1cc(OC(F)F)nn1C)CC2. The second-order valence-electron chi connectivity index (χ2n) is 8.59. The van der Waals surface area contributed by atoms with Gasteiger partial charge in [-0.2, -0.15) is 8.78 Å². The van der Waals surface area contributed by atoms with Crippen LogP contribution in [0.25, 0.3) is 0 Å². The standard InChI is InChI=1S/C22H26F3N5O4S2/c1-3-33-20(32)17-13-8-12(26-22(35)27-15-9-16(29-30(15)2)34-21(24)25)4-5-14(13)36-19(17)28-18(31)10-6-11(23)7-10/h9-12,21H,3-8H2,1-2H3,(H,28,31)(H2,26,27,35)/t10?,11?,12-/m0/s1. The van der Waals surface area contributed by atoms with Gasteiger partial charge in [0, 0.05) is 30.0 Å². The maximum atomic E-state index is 13.2. The number of carbonyl (C=O) groups is 2. The van der Waals surface area contributed by atoms with E-state index in [4.69, 9.17) is 17.0 Å². The number of aromatic nitrogens is 2. The molecule has 36 heavy (non-hydrogen) atoms. The molecule has 1 saturated carbocycles. The molecule has 0 unspecified atom stereocenters. The number of ether oxygens (including phenoxy) is 2. The Bertz CT molecular complexity index is 1150. The lowest BCUT2D eigenvalue weighted by Gasteiger charge is -2.28. The highest BCUT2D eigenvalue weighted by atomic mass is 32.1. The Balaban J connectivity index is 1.45. The summed E-state index contributed by atoms with van der Waals surface area (Å²) in [5.41, 5.74) is 1.11.